The Morgan fingerprint density at radius 2 is 1.65 bits per heavy atom. The summed E-state index contributed by atoms with van der Waals surface area (Å²) in [6.45, 7) is 2.10. The van der Waals surface area contributed by atoms with Gasteiger partial charge in [-0.05, 0) is 36.2 Å². The maximum absolute atomic E-state index is 14.2. The molecule has 2 aliphatic rings. The largest absolute Gasteiger partial charge is 0.497 e. The number of ether oxygens (including phenoxy) is 2. The number of para-hydroxylation sites is 1. The molecule has 0 unspecified atom stereocenters. The van der Waals surface area contributed by atoms with E-state index in [0.717, 1.165) is 22.6 Å². The van der Waals surface area contributed by atoms with Crippen molar-refractivity contribution < 1.29 is 19.1 Å². The fraction of sp³-hybridized carbons (Fsp3) is 0.161. The Bertz CT molecular complexity index is 1870. The number of carbonyl (C=O) groups is 2. The van der Waals surface area contributed by atoms with Crippen LogP contribution in [0.4, 0.5) is 5.69 Å². The van der Waals surface area contributed by atoms with E-state index in [4.69, 9.17) is 9.47 Å². The molecule has 6 rings (SSSR count). The van der Waals surface area contributed by atoms with Crippen LogP contribution < -0.4 is 24.5 Å². The van der Waals surface area contributed by atoms with E-state index in [-0.39, 0.29) is 16.0 Å². The van der Waals surface area contributed by atoms with Gasteiger partial charge in [0.2, 0.25) is 0 Å². The molecule has 3 heterocycles. The summed E-state index contributed by atoms with van der Waals surface area (Å²) in [5.74, 6) is -0.179. The fourth-order valence-electron chi connectivity index (χ4n) is 5.27. The van der Waals surface area contributed by atoms with Crippen molar-refractivity contribution in [2.45, 2.75) is 19.5 Å². The topological polar surface area (TPSA) is 90.2 Å². The van der Waals surface area contributed by atoms with Gasteiger partial charge in [0.15, 0.2) is 4.80 Å². The van der Waals surface area contributed by atoms with Gasteiger partial charge >= 0.3 is 5.97 Å². The average molecular weight is 552 g/mol. The van der Waals surface area contributed by atoms with Gasteiger partial charge in [-0.15, -0.1) is 0 Å². The number of esters is 1. The number of amides is 1. The second-order valence-electron chi connectivity index (χ2n) is 9.44. The molecule has 0 spiro atoms. The van der Waals surface area contributed by atoms with Crippen LogP contribution in [0.25, 0.3) is 5.57 Å². The lowest BCUT2D eigenvalue weighted by molar-refractivity contribution is -0.136. The number of nitrogens with zero attached hydrogens (tertiary/aromatic N) is 3. The van der Waals surface area contributed by atoms with Gasteiger partial charge in [-0.3, -0.25) is 14.2 Å². The van der Waals surface area contributed by atoms with E-state index in [1.807, 2.05) is 66.7 Å². The highest BCUT2D eigenvalue weighted by molar-refractivity contribution is 7.07. The second-order valence-corrected chi connectivity index (χ2v) is 10.4. The predicted molar refractivity (Wildman–Crippen MR) is 152 cm³/mol. The SMILES string of the molecule is COC(=O)C1=C(C)N=c2s/c(=C3\C(=O)N(Cc4ccccc4)c4ccccc43)c(=O)n2[C@H]1c1ccc(OC)cc1. The highest BCUT2D eigenvalue weighted by Gasteiger charge is 2.37. The molecular weight excluding hydrogens is 526 g/mol. The zero-order valence-corrected chi connectivity index (χ0v) is 22.9. The van der Waals surface area contributed by atoms with Crippen molar-refractivity contribution in [3.8, 4) is 5.75 Å². The second kappa shape index (κ2) is 10.1. The van der Waals surface area contributed by atoms with Crippen molar-refractivity contribution in [1.29, 1.82) is 0 Å². The highest BCUT2D eigenvalue weighted by Crippen LogP contribution is 2.36. The summed E-state index contributed by atoms with van der Waals surface area (Å²) in [4.78, 5) is 47.9. The lowest BCUT2D eigenvalue weighted by Gasteiger charge is -2.24. The number of fused-ring (bicyclic) bond motifs is 2. The van der Waals surface area contributed by atoms with Crippen LogP contribution in [0.15, 0.2) is 99.9 Å². The first-order chi connectivity index (χ1) is 19.4. The van der Waals surface area contributed by atoms with Crippen LogP contribution in [0.5, 0.6) is 5.75 Å². The van der Waals surface area contributed by atoms with Crippen LogP contribution in [0, 0.1) is 0 Å². The number of hydrogen-bond donors (Lipinski definition) is 0. The van der Waals surface area contributed by atoms with Gasteiger partial charge in [-0.2, -0.15) is 0 Å². The molecule has 1 aromatic heterocycles. The fourth-order valence-corrected chi connectivity index (χ4v) is 6.40. The van der Waals surface area contributed by atoms with E-state index in [2.05, 4.69) is 4.99 Å². The van der Waals surface area contributed by atoms with Crippen molar-refractivity contribution in [2.24, 2.45) is 4.99 Å². The number of aromatic nitrogens is 1. The molecule has 4 aromatic rings. The molecule has 0 radical (unpaired) electrons. The standard InChI is InChI=1S/C31H25N3O5S/c1-18-24(30(37)39-3)26(20-13-15-21(38-2)16-14-20)34-29(36)27(40-31(34)32-18)25-22-11-7-8-12-23(22)33(28(25)35)17-19-9-5-4-6-10-19/h4-16,26H,17H2,1-3H3/b27-25-/t26-/m0/s1. The van der Waals surface area contributed by atoms with E-state index in [9.17, 15) is 14.4 Å². The molecular formula is C31H25N3O5S. The van der Waals surface area contributed by atoms with Crippen LogP contribution >= 0.6 is 11.3 Å². The monoisotopic (exact) mass is 551 g/mol. The Hall–Kier alpha value is -4.76. The third-order valence-electron chi connectivity index (χ3n) is 7.17. The molecule has 2 aliphatic heterocycles. The van der Waals surface area contributed by atoms with Gasteiger partial charge in [0.1, 0.15) is 10.3 Å². The number of allylic oxidation sites excluding steroid dienone is 1. The van der Waals surface area contributed by atoms with Crippen LogP contribution in [0.1, 0.15) is 29.7 Å². The maximum atomic E-state index is 14.2. The lowest BCUT2D eigenvalue weighted by Crippen LogP contribution is -2.40. The van der Waals surface area contributed by atoms with Crippen LogP contribution in [0.3, 0.4) is 0 Å². The Kier molecular flexibility index (Phi) is 6.43. The zero-order valence-electron chi connectivity index (χ0n) is 22.1. The Morgan fingerprint density at radius 3 is 2.35 bits per heavy atom. The van der Waals surface area contributed by atoms with E-state index >= 15 is 0 Å². The molecule has 8 nitrogen and oxygen atoms in total. The first-order valence-corrected chi connectivity index (χ1v) is 13.5. The summed E-state index contributed by atoms with van der Waals surface area (Å²) in [6.07, 6.45) is 0. The molecule has 9 heteroatoms. The minimum Gasteiger partial charge on any atom is -0.497 e. The third kappa shape index (κ3) is 4.06. The number of benzene rings is 3. The predicted octanol–water partition coefficient (Wildman–Crippen LogP) is 3.33. The van der Waals surface area contributed by atoms with Gasteiger partial charge in [0.25, 0.3) is 11.5 Å². The van der Waals surface area contributed by atoms with Crippen LogP contribution in [-0.4, -0.2) is 30.7 Å². The molecule has 0 aliphatic carbocycles. The van der Waals surface area contributed by atoms with Crippen molar-refractivity contribution in [2.75, 3.05) is 19.1 Å². The van der Waals surface area contributed by atoms with Crippen molar-refractivity contribution in [3.05, 3.63) is 127 Å². The lowest BCUT2D eigenvalue weighted by atomic mass is 9.96. The van der Waals surface area contributed by atoms with Crippen molar-refractivity contribution in [1.82, 2.24) is 4.57 Å². The Morgan fingerprint density at radius 1 is 0.950 bits per heavy atom. The molecule has 1 amide bonds. The van der Waals surface area contributed by atoms with Crippen LogP contribution in [-0.2, 0) is 20.9 Å². The summed E-state index contributed by atoms with van der Waals surface area (Å²) >= 11 is 1.15. The van der Waals surface area contributed by atoms with E-state index in [1.54, 1.807) is 31.1 Å². The molecule has 0 N–H and O–H groups in total. The smallest absolute Gasteiger partial charge is 0.338 e. The summed E-state index contributed by atoms with van der Waals surface area (Å²) < 4.78 is 12.2. The summed E-state index contributed by atoms with van der Waals surface area (Å²) in [6, 6.07) is 23.6. The number of hydrogen-bond acceptors (Lipinski definition) is 7. The molecule has 40 heavy (non-hydrogen) atoms. The first-order valence-electron chi connectivity index (χ1n) is 12.7. The van der Waals surface area contributed by atoms with Gasteiger partial charge < -0.3 is 14.4 Å². The maximum Gasteiger partial charge on any atom is 0.338 e. The van der Waals surface area contributed by atoms with Crippen molar-refractivity contribution in [3.63, 3.8) is 0 Å². The van der Waals surface area contributed by atoms with Crippen LogP contribution in [0.2, 0.25) is 0 Å². The number of methoxy groups -OCH3 is 2. The minimum atomic E-state index is -0.781. The van der Waals surface area contributed by atoms with Crippen molar-refractivity contribution >= 4 is 34.5 Å². The summed E-state index contributed by atoms with van der Waals surface area (Å²) in [5, 5.41) is 0. The van der Waals surface area contributed by atoms with E-state index in [1.165, 1.54) is 11.7 Å². The molecule has 1 atom stereocenters. The quantitative estimate of drug-likeness (QED) is 0.355. The summed E-state index contributed by atoms with van der Waals surface area (Å²) in [7, 11) is 2.87. The van der Waals surface area contributed by atoms with Gasteiger partial charge in [0, 0.05) is 5.56 Å². The number of carbonyl (C=O) groups excluding carboxylic acids is 2. The zero-order chi connectivity index (χ0) is 28.0. The minimum absolute atomic E-state index is 0.250. The van der Waals surface area contributed by atoms with Gasteiger partial charge in [0.05, 0.1) is 49.3 Å². The number of rotatable bonds is 5. The number of anilines is 1. The Balaban J connectivity index is 1.58. The molecule has 3 aromatic carbocycles. The molecule has 200 valence electrons. The number of thiazole rings is 1. The van der Waals surface area contributed by atoms with Gasteiger partial charge in [-0.1, -0.05) is 72.0 Å². The third-order valence-corrected chi connectivity index (χ3v) is 8.22. The molecule has 0 saturated carbocycles. The van der Waals surface area contributed by atoms with E-state index < -0.39 is 17.6 Å². The van der Waals surface area contributed by atoms with E-state index in [0.29, 0.717) is 39.5 Å². The normalized spacial score (nSPS) is 17.3. The molecule has 0 bridgehead atoms. The molecule has 0 fully saturated rings. The summed E-state index contributed by atoms with van der Waals surface area (Å²) in [5.41, 5.74) is 3.77. The Labute approximate surface area is 233 Å². The average Bonchev–Trinajstić information content (AvgIpc) is 3.44. The molecule has 0 saturated heterocycles. The van der Waals surface area contributed by atoms with Gasteiger partial charge in [-0.25, -0.2) is 9.79 Å². The first kappa shape index (κ1) is 25.5. The highest BCUT2D eigenvalue weighted by atomic mass is 32.1.